The molecular formula is C18H19N5O4S. The van der Waals surface area contributed by atoms with E-state index in [-0.39, 0.29) is 10.9 Å². The Balaban J connectivity index is 1.54. The van der Waals surface area contributed by atoms with Crippen molar-refractivity contribution in [1.29, 1.82) is 0 Å². The monoisotopic (exact) mass is 401 g/mol. The second kappa shape index (κ2) is 7.38. The molecule has 1 N–H and O–H groups in total. The van der Waals surface area contributed by atoms with Crippen LogP contribution in [0.5, 0.6) is 0 Å². The van der Waals surface area contributed by atoms with E-state index >= 15 is 0 Å². The number of β-amino-alcohol motifs (C(OH)–C–C–N with tert-alkyl or cyclic N) is 1. The number of hydrogen-bond acceptors (Lipinski definition) is 9. The van der Waals surface area contributed by atoms with Gasteiger partial charge in [0.1, 0.15) is 5.69 Å². The number of nitrogens with zero attached hydrogens (tertiary/aromatic N) is 5. The first-order valence-corrected chi connectivity index (χ1v) is 10.6. The minimum Gasteiger partial charge on any atom is -0.392 e. The Morgan fingerprint density at radius 1 is 1.25 bits per heavy atom. The van der Waals surface area contributed by atoms with E-state index in [1.165, 1.54) is 6.26 Å². The number of benzene rings is 1. The van der Waals surface area contributed by atoms with Crippen LogP contribution < -0.4 is 0 Å². The molecule has 0 bridgehead atoms. The summed E-state index contributed by atoms with van der Waals surface area (Å²) in [4.78, 5) is 14.9. The van der Waals surface area contributed by atoms with Crippen LogP contribution in [0.2, 0.25) is 0 Å². The van der Waals surface area contributed by atoms with Gasteiger partial charge in [0, 0.05) is 31.7 Å². The highest BCUT2D eigenvalue weighted by atomic mass is 32.2. The van der Waals surface area contributed by atoms with Gasteiger partial charge in [-0.25, -0.2) is 13.4 Å². The highest BCUT2D eigenvalue weighted by Crippen LogP contribution is 2.33. The van der Waals surface area contributed by atoms with Crippen molar-refractivity contribution in [3.63, 3.8) is 0 Å². The van der Waals surface area contributed by atoms with Crippen LogP contribution >= 0.6 is 0 Å². The molecule has 3 aromatic rings. The fraction of sp³-hybridized carbons (Fsp3) is 0.333. The van der Waals surface area contributed by atoms with Crippen molar-refractivity contribution in [3.8, 4) is 11.5 Å². The summed E-state index contributed by atoms with van der Waals surface area (Å²) < 4.78 is 28.6. The van der Waals surface area contributed by atoms with E-state index in [0.717, 1.165) is 5.56 Å². The lowest BCUT2D eigenvalue weighted by Crippen LogP contribution is -2.24. The molecule has 28 heavy (non-hydrogen) atoms. The van der Waals surface area contributed by atoms with Crippen molar-refractivity contribution in [2.45, 2.75) is 30.0 Å². The molecule has 146 valence electrons. The van der Waals surface area contributed by atoms with Crippen LogP contribution in [0.1, 0.15) is 23.9 Å². The molecule has 1 saturated heterocycles. The van der Waals surface area contributed by atoms with E-state index in [4.69, 9.17) is 4.52 Å². The van der Waals surface area contributed by atoms with Crippen molar-refractivity contribution in [2.24, 2.45) is 0 Å². The van der Waals surface area contributed by atoms with Crippen LogP contribution in [0.4, 0.5) is 0 Å². The molecule has 0 amide bonds. The topological polar surface area (TPSA) is 122 Å². The van der Waals surface area contributed by atoms with Gasteiger partial charge in [-0.3, -0.25) is 9.88 Å². The van der Waals surface area contributed by atoms with Gasteiger partial charge in [0.2, 0.25) is 11.7 Å². The average Bonchev–Trinajstić information content (AvgIpc) is 3.29. The van der Waals surface area contributed by atoms with Crippen LogP contribution in [0.25, 0.3) is 11.5 Å². The third-order valence-electron chi connectivity index (χ3n) is 4.64. The highest BCUT2D eigenvalue weighted by Gasteiger charge is 2.36. The summed E-state index contributed by atoms with van der Waals surface area (Å²) in [6.45, 7) is 0.982. The molecule has 9 nitrogen and oxygen atoms in total. The van der Waals surface area contributed by atoms with Crippen molar-refractivity contribution < 1.29 is 18.0 Å². The zero-order valence-electron chi connectivity index (χ0n) is 15.1. The second-order valence-electron chi connectivity index (χ2n) is 6.80. The lowest BCUT2D eigenvalue weighted by Gasteiger charge is -2.21. The van der Waals surface area contributed by atoms with Crippen LogP contribution in [0.15, 0.2) is 52.3 Å². The van der Waals surface area contributed by atoms with E-state index in [9.17, 15) is 13.5 Å². The minimum atomic E-state index is -3.23. The van der Waals surface area contributed by atoms with Gasteiger partial charge < -0.3 is 9.63 Å². The maximum Gasteiger partial charge on any atom is 0.244 e. The Bertz CT molecular complexity index is 1050. The lowest BCUT2D eigenvalue weighted by atomic mass is 10.1. The standard InChI is InChI=1S/C18H19N5O4S/c1-28(25,26)14-4-2-12(3-5-14)10-23-11-13(24)8-16(23)18-21-17(22-27-18)15-9-19-6-7-20-15/h2-7,9,13,16,24H,8,10-11H2,1H3. The molecule has 4 rings (SSSR count). The van der Waals surface area contributed by atoms with E-state index in [1.807, 2.05) is 4.90 Å². The van der Waals surface area contributed by atoms with Gasteiger partial charge in [0.15, 0.2) is 9.84 Å². The van der Waals surface area contributed by atoms with Gasteiger partial charge in [-0.15, -0.1) is 0 Å². The molecule has 1 aliphatic rings. The quantitative estimate of drug-likeness (QED) is 0.672. The van der Waals surface area contributed by atoms with Crippen LogP contribution in [0, 0.1) is 0 Å². The average molecular weight is 401 g/mol. The second-order valence-corrected chi connectivity index (χ2v) is 8.81. The predicted molar refractivity (Wildman–Crippen MR) is 98.7 cm³/mol. The molecule has 2 aromatic heterocycles. The fourth-order valence-corrected chi connectivity index (χ4v) is 3.91. The molecule has 2 atom stereocenters. The number of hydrogen-bond donors (Lipinski definition) is 1. The Labute approximate surface area is 162 Å². The SMILES string of the molecule is CS(=O)(=O)c1ccc(CN2CC(O)CC2c2nc(-c3cnccn3)no2)cc1. The normalized spacial score (nSPS) is 20.5. The van der Waals surface area contributed by atoms with Gasteiger partial charge in [-0.2, -0.15) is 4.98 Å². The molecule has 10 heteroatoms. The van der Waals surface area contributed by atoms with Gasteiger partial charge in [-0.05, 0) is 24.1 Å². The smallest absolute Gasteiger partial charge is 0.244 e. The molecule has 2 unspecified atom stereocenters. The van der Waals surface area contributed by atoms with Crippen molar-refractivity contribution in [1.82, 2.24) is 25.0 Å². The molecule has 0 spiro atoms. The molecule has 0 aliphatic carbocycles. The number of aromatic nitrogens is 4. The number of sulfone groups is 1. The van der Waals surface area contributed by atoms with E-state index in [2.05, 4.69) is 20.1 Å². The molecule has 0 saturated carbocycles. The highest BCUT2D eigenvalue weighted by molar-refractivity contribution is 7.90. The Morgan fingerprint density at radius 3 is 2.71 bits per heavy atom. The summed E-state index contributed by atoms with van der Waals surface area (Å²) in [6.07, 6.45) is 5.82. The summed E-state index contributed by atoms with van der Waals surface area (Å²) in [7, 11) is -3.23. The molecule has 0 radical (unpaired) electrons. The van der Waals surface area contributed by atoms with E-state index in [1.54, 1.807) is 42.9 Å². The minimum absolute atomic E-state index is 0.234. The number of rotatable bonds is 5. The van der Waals surface area contributed by atoms with Crippen molar-refractivity contribution >= 4 is 9.84 Å². The Morgan fingerprint density at radius 2 is 2.04 bits per heavy atom. The van der Waals surface area contributed by atoms with Crippen molar-refractivity contribution in [3.05, 3.63) is 54.3 Å². The Hall–Kier alpha value is -2.69. The summed E-state index contributed by atoms with van der Waals surface area (Å²) in [5.41, 5.74) is 1.44. The fourth-order valence-electron chi connectivity index (χ4n) is 3.28. The number of likely N-dealkylation sites (tertiary alicyclic amines) is 1. The third kappa shape index (κ3) is 3.93. The molecule has 3 heterocycles. The number of aliphatic hydroxyl groups is 1. The Kier molecular flexibility index (Phi) is 4.92. The summed E-state index contributed by atoms with van der Waals surface area (Å²) in [5.74, 6) is 0.756. The molecular weight excluding hydrogens is 382 g/mol. The van der Waals surface area contributed by atoms with Gasteiger partial charge >= 0.3 is 0 Å². The maximum atomic E-state index is 11.6. The lowest BCUT2D eigenvalue weighted by molar-refractivity contribution is 0.169. The maximum absolute atomic E-state index is 11.6. The van der Waals surface area contributed by atoms with Gasteiger partial charge in [0.05, 0.1) is 23.2 Å². The molecule has 1 aromatic carbocycles. The van der Waals surface area contributed by atoms with Gasteiger partial charge in [-0.1, -0.05) is 17.3 Å². The zero-order chi connectivity index (χ0) is 19.7. The van der Waals surface area contributed by atoms with E-state index in [0.29, 0.717) is 36.9 Å². The van der Waals surface area contributed by atoms with Crippen LogP contribution in [-0.4, -0.2) is 57.4 Å². The molecule has 1 aliphatic heterocycles. The first-order chi connectivity index (χ1) is 13.4. The predicted octanol–water partition coefficient (Wildman–Crippen LogP) is 1.24. The van der Waals surface area contributed by atoms with Crippen molar-refractivity contribution in [2.75, 3.05) is 12.8 Å². The zero-order valence-corrected chi connectivity index (χ0v) is 16.0. The summed E-state index contributed by atoms with van der Waals surface area (Å²) in [5, 5.41) is 14.1. The summed E-state index contributed by atoms with van der Waals surface area (Å²) >= 11 is 0. The number of aliphatic hydroxyl groups excluding tert-OH is 1. The summed E-state index contributed by atoms with van der Waals surface area (Å²) in [6, 6.07) is 6.49. The van der Waals surface area contributed by atoms with Crippen LogP contribution in [-0.2, 0) is 16.4 Å². The van der Waals surface area contributed by atoms with Gasteiger partial charge in [0.25, 0.3) is 0 Å². The first kappa shape index (κ1) is 18.7. The van der Waals surface area contributed by atoms with E-state index < -0.39 is 15.9 Å². The largest absolute Gasteiger partial charge is 0.392 e. The molecule has 1 fully saturated rings. The first-order valence-electron chi connectivity index (χ1n) is 8.71. The van der Waals surface area contributed by atoms with Crippen LogP contribution in [0.3, 0.4) is 0 Å². The third-order valence-corrected chi connectivity index (χ3v) is 5.77.